The van der Waals surface area contributed by atoms with Crippen LogP contribution < -0.4 is 5.32 Å². The average molecular weight is 438 g/mol. The van der Waals surface area contributed by atoms with Gasteiger partial charge in [0, 0.05) is 31.3 Å². The van der Waals surface area contributed by atoms with Crippen LogP contribution in [0.25, 0.3) is 11.1 Å². The number of carbonyl (C=O) groups is 3. The molecule has 1 heterocycles. The number of carboxylic acids is 1. The van der Waals surface area contributed by atoms with E-state index in [0.717, 1.165) is 22.3 Å². The second kappa shape index (κ2) is 8.63. The number of carbonyl (C=O) groups excluding carboxylic acids is 2. The van der Waals surface area contributed by atoms with Crippen LogP contribution in [0.1, 0.15) is 36.8 Å². The van der Waals surface area contributed by atoms with E-state index in [4.69, 9.17) is 9.84 Å². The Kier molecular flexibility index (Phi) is 5.88. The van der Waals surface area contributed by atoms with E-state index >= 15 is 0 Å². The van der Waals surface area contributed by atoms with E-state index in [0.29, 0.717) is 0 Å². The molecule has 3 N–H and O–H groups in total. The molecule has 4 rings (SSSR count). The molecule has 8 heteroatoms. The molecule has 1 fully saturated rings. The summed E-state index contributed by atoms with van der Waals surface area (Å²) in [4.78, 5) is 37.2. The predicted octanol–water partition coefficient (Wildman–Crippen LogP) is 2.35. The molecule has 2 aromatic rings. The minimum Gasteiger partial charge on any atom is -0.479 e. The quantitative estimate of drug-likeness (QED) is 0.638. The number of nitrogens with one attached hydrogen (secondary N) is 1. The fraction of sp³-hybridized carbons (Fsp3) is 0.375. The first kappa shape index (κ1) is 21.8. The smallest absolute Gasteiger partial charge is 0.407 e. The highest BCUT2D eigenvalue weighted by atomic mass is 16.5. The van der Waals surface area contributed by atoms with Crippen molar-refractivity contribution in [3.05, 3.63) is 59.7 Å². The number of ether oxygens (including phenoxy) is 1. The molecule has 0 bridgehead atoms. The van der Waals surface area contributed by atoms with Gasteiger partial charge in [0.05, 0.1) is 6.54 Å². The molecular weight excluding hydrogens is 412 g/mol. The molecule has 2 aliphatic rings. The average Bonchev–Trinajstić information content (AvgIpc) is 3.32. The first-order valence-corrected chi connectivity index (χ1v) is 10.6. The summed E-state index contributed by atoms with van der Waals surface area (Å²) in [6, 6.07) is 15.6. The van der Waals surface area contributed by atoms with E-state index in [9.17, 15) is 19.5 Å². The number of benzene rings is 2. The molecule has 32 heavy (non-hydrogen) atoms. The Morgan fingerprint density at radius 3 is 2.28 bits per heavy atom. The van der Waals surface area contributed by atoms with Crippen molar-refractivity contribution in [1.29, 1.82) is 0 Å². The van der Waals surface area contributed by atoms with Crippen molar-refractivity contribution in [3.8, 4) is 11.1 Å². The Hall–Kier alpha value is -3.39. The van der Waals surface area contributed by atoms with Gasteiger partial charge in [0.1, 0.15) is 6.61 Å². The van der Waals surface area contributed by atoms with Crippen molar-refractivity contribution in [2.75, 3.05) is 19.7 Å². The molecular formula is C24H26N2O6. The first-order chi connectivity index (χ1) is 15.3. The maximum absolute atomic E-state index is 12.4. The highest BCUT2D eigenvalue weighted by Gasteiger charge is 2.44. The molecule has 0 radical (unpaired) electrons. The Morgan fingerprint density at radius 2 is 1.72 bits per heavy atom. The van der Waals surface area contributed by atoms with E-state index in [1.807, 2.05) is 36.4 Å². The van der Waals surface area contributed by atoms with Gasteiger partial charge in [0.25, 0.3) is 0 Å². The summed E-state index contributed by atoms with van der Waals surface area (Å²) in [7, 11) is 0. The minimum absolute atomic E-state index is 0.0116. The van der Waals surface area contributed by atoms with Crippen LogP contribution in [0, 0.1) is 0 Å². The van der Waals surface area contributed by atoms with Crippen molar-refractivity contribution < 1.29 is 29.3 Å². The molecule has 1 aliphatic heterocycles. The number of hydrogen-bond acceptors (Lipinski definition) is 5. The topological polar surface area (TPSA) is 116 Å². The molecule has 1 saturated heterocycles. The third kappa shape index (κ3) is 4.18. The maximum Gasteiger partial charge on any atom is 0.407 e. The minimum atomic E-state index is -1.90. The van der Waals surface area contributed by atoms with Gasteiger partial charge in [-0.3, -0.25) is 4.79 Å². The molecule has 0 aromatic heterocycles. The van der Waals surface area contributed by atoms with Crippen LogP contribution in [0.4, 0.5) is 4.79 Å². The lowest BCUT2D eigenvalue weighted by Crippen LogP contribution is -2.44. The van der Waals surface area contributed by atoms with E-state index in [1.54, 1.807) is 6.92 Å². The lowest BCUT2D eigenvalue weighted by Gasteiger charge is -2.21. The van der Waals surface area contributed by atoms with E-state index in [2.05, 4.69) is 17.4 Å². The first-order valence-electron chi connectivity index (χ1n) is 10.6. The van der Waals surface area contributed by atoms with Gasteiger partial charge in [-0.25, -0.2) is 9.59 Å². The summed E-state index contributed by atoms with van der Waals surface area (Å²) >= 11 is 0. The Balaban J connectivity index is 1.30. The monoisotopic (exact) mass is 438 g/mol. The predicted molar refractivity (Wildman–Crippen MR) is 116 cm³/mol. The number of fused-ring (bicyclic) bond motifs is 3. The standard InChI is InChI=1S/C24H26N2O6/c1-15(12-21(27)26-11-10-24(31,14-26)22(28)29)25-23(30)32-13-20-18-8-4-2-6-16(18)17-7-3-5-9-19(17)20/h2-9,15,20,31H,10-14H2,1H3,(H,25,30)(H,28,29)/t15-,24?/m1/s1. The fourth-order valence-corrected chi connectivity index (χ4v) is 4.46. The lowest BCUT2D eigenvalue weighted by atomic mass is 9.98. The summed E-state index contributed by atoms with van der Waals surface area (Å²) < 4.78 is 5.49. The second-order valence-corrected chi connectivity index (χ2v) is 8.48. The largest absolute Gasteiger partial charge is 0.479 e. The van der Waals surface area contributed by atoms with E-state index in [-0.39, 0.29) is 44.4 Å². The lowest BCUT2D eigenvalue weighted by molar-refractivity contribution is -0.157. The number of carboxylic acid groups (broad SMARTS) is 1. The Labute approximate surface area is 185 Å². The molecule has 0 saturated carbocycles. The number of nitrogens with zero attached hydrogens (tertiary/aromatic N) is 1. The zero-order chi connectivity index (χ0) is 22.9. The molecule has 168 valence electrons. The summed E-state index contributed by atoms with van der Waals surface area (Å²) in [6.07, 6.45) is -0.641. The molecule has 1 unspecified atom stereocenters. The summed E-state index contributed by atoms with van der Waals surface area (Å²) in [6.45, 7) is 1.77. The highest BCUT2D eigenvalue weighted by molar-refractivity contribution is 5.83. The SMILES string of the molecule is C[C@H](CC(=O)N1CCC(O)(C(=O)O)C1)NC(=O)OCC1c2ccccc2-c2ccccc21. The molecule has 2 aromatic carbocycles. The number of likely N-dealkylation sites (tertiary alicyclic amines) is 1. The number of aliphatic carboxylic acids is 1. The molecule has 0 spiro atoms. The van der Waals surface area contributed by atoms with Crippen LogP contribution >= 0.6 is 0 Å². The number of aliphatic hydroxyl groups is 1. The van der Waals surface area contributed by atoms with Crippen molar-refractivity contribution in [2.24, 2.45) is 0 Å². The van der Waals surface area contributed by atoms with Crippen LogP contribution in [-0.2, 0) is 14.3 Å². The van der Waals surface area contributed by atoms with E-state index < -0.39 is 23.7 Å². The summed E-state index contributed by atoms with van der Waals surface area (Å²) in [5.41, 5.74) is 2.61. The van der Waals surface area contributed by atoms with Crippen molar-refractivity contribution in [2.45, 2.75) is 37.3 Å². The number of alkyl carbamates (subject to hydrolysis) is 1. The van der Waals surface area contributed by atoms with Gasteiger partial charge in [-0.15, -0.1) is 0 Å². The Morgan fingerprint density at radius 1 is 1.12 bits per heavy atom. The van der Waals surface area contributed by atoms with Crippen LogP contribution in [0.5, 0.6) is 0 Å². The van der Waals surface area contributed by atoms with Crippen LogP contribution in [-0.4, -0.2) is 64.4 Å². The highest BCUT2D eigenvalue weighted by Crippen LogP contribution is 2.44. The Bertz CT molecular complexity index is 1010. The number of amides is 2. The van der Waals surface area contributed by atoms with Crippen molar-refractivity contribution in [3.63, 3.8) is 0 Å². The zero-order valence-electron chi connectivity index (χ0n) is 17.8. The third-order valence-corrected chi connectivity index (χ3v) is 6.19. The van der Waals surface area contributed by atoms with Crippen molar-refractivity contribution >= 4 is 18.0 Å². The molecule has 1 aliphatic carbocycles. The second-order valence-electron chi connectivity index (χ2n) is 8.48. The molecule has 2 atom stereocenters. The van der Waals surface area contributed by atoms with Crippen LogP contribution in [0.3, 0.4) is 0 Å². The number of rotatable bonds is 6. The zero-order valence-corrected chi connectivity index (χ0v) is 17.8. The molecule has 2 amide bonds. The van der Waals surface area contributed by atoms with E-state index in [1.165, 1.54) is 4.90 Å². The normalized spacial score (nSPS) is 20.4. The van der Waals surface area contributed by atoms with Gasteiger partial charge in [-0.05, 0) is 29.2 Å². The summed E-state index contributed by atoms with van der Waals surface area (Å²) in [5, 5.41) is 21.7. The molecule has 8 nitrogen and oxygen atoms in total. The van der Waals surface area contributed by atoms with Gasteiger partial charge in [-0.1, -0.05) is 48.5 Å². The van der Waals surface area contributed by atoms with Gasteiger partial charge >= 0.3 is 12.1 Å². The third-order valence-electron chi connectivity index (χ3n) is 6.19. The number of β-amino-alcohol motifs (C(OH)–C–C–N with tert-alkyl or cyclic N) is 1. The van der Waals surface area contributed by atoms with Crippen LogP contribution in [0.15, 0.2) is 48.5 Å². The van der Waals surface area contributed by atoms with Gasteiger partial charge in [0.15, 0.2) is 5.60 Å². The van der Waals surface area contributed by atoms with Gasteiger partial charge in [-0.2, -0.15) is 0 Å². The van der Waals surface area contributed by atoms with Crippen molar-refractivity contribution in [1.82, 2.24) is 10.2 Å². The fourth-order valence-electron chi connectivity index (χ4n) is 4.46. The van der Waals surface area contributed by atoms with Gasteiger partial charge < -0.3 is 25.2 Å². The van der Waals surface area contributed by atoms with Gasteiger partial charge in [0.2, 0.25) is 5.91 Å². The maximum atomic E-state index is 12.4. The number of hydrogen-bond donors (Lipinski definition) is 3. The van der Waals surface area contributed by atoms with Crippen LogP contribution in [0.2, 0.25) is 0 Å². The summed E-state index contributed by atoms with van der Waals surface area (Å²) in [5.74, 6) is -1.71.